The summed E-state index contributed by atoms with van der Waals surface area (Å²) < 4.78 is 0. The Kier molecular flexibility index (Phi) is 9.57. The molecule has 0 spiro atoms. The van der Waals surface area contributed by atoms with Gasteiger partial charge in [0, 0.05) is 6.92 Å². The fourth-order valence-corrected chi connectivity index (χ4v) is 0.117. The molecule has 0 heterocycles. The number of hydrogen-bond donors (Lipinski definition) is 0. The zero-order valence-electron chi connectivity index (χ0n) is 3.72. The van der Waals surface area contributed by atoms with Crippen LogP contribution in [0.3, 0.4) is 0 Å². The van der Waals surface area contributed by atoms with E-state index in [-0.39, 0.29) is 29.6 Å². The fraction of sp³-hybridized carbons (Fsp3) is 0.667. The molecule has 0 N–H and O–H groups in total. The molecule has 0 unspecified atom stereocenters. The third-order valence-electron chi connectivity index (χ3n) is 0.201. The first-order valence-electron chi connectivity index (χ1n) is 1.48. The van der Waals surface area contributed by atoms with Gasteiger partial charge in [0.2, 0.25) is 0 Å². The predicted octanol–water partition coefficient (Wildman–Crippen LogP) is -0.538. The summed E-state index contributed by atoms with van der Waals surface area (Å²) in [7, 11) is 1.28. The quantitative estimate of drug-likeness (QED) is 0.261. The number of carbonyl (C=O) groups is 1. The van der Waals surface area contributed by atoms with Gasteiger partial charge in [0.25, 0.3) is 0 Å². The molecule has 0 amide bonds. The average molecular weight is 114 g/mol. The van der Waals surface area contributed by atoms with Crippen LogP contribution in [-0.4, -0.2) is 42.6 Å². The molecule has 0 atom stereocenters. The number of hydrogen-bond acceptors (Lipinski definition) is 3. The van der Waals surface area contributed by atoms with Crippen LogP contribution in [0.1, 0.15) is 6.92 Å². The zero-order chi connectivity index (χ0) is 4.99. The van der Waals surface area contributed by atoms with Gasteiger partial charge in [-0.25, -0.2) is 4.79 Å². The van der Waals surface area contributed by atoms with Crippen LogP contribution >= 0.6 is 0 Å². The molecule has 0 bridgehead atoms. The summed E-state index contributed by atoms with van der Waals surface area (Å²) in [6.45, 7) is 1.27. The van der Waals surface area contributed by atoms with E-state index in [0.29, 0.717) is 0 Å². The van der Waals surface area contributed by atoms with Gasteiger partial charge in [-0.2, -0.15) is 4.89 Å². The molecule has 0 saturated heterocycles. The van der Waals surface area contributed by atoms with Crippen molar-refractivity contribution in [2.24, 2.45) is 0 Å². The van der Waals surface area contributed by atoms with Crippen LogP contribution in [-0.2, 0) is 14.6 Å². The molecular formula is C3H7NaO3. The Morgan fingerprint density at radius 1 is 1.57 bits per heavy atom. The minimum absolute atomic E-state index is 0. The van der Waals surface area contributed by atoms with Gasteiger partial charge >= 0.3 is 35.5 Å². The van der Waals surface area contributed by atoms with Crippen LogP contribution < -0.4 is 0 Å². The van der Waals surface area contributed by atoms with Gasteiger partial charge < -0.3 is 0 Å². The maximum atomic E-state index is 9.70. The molecule has 0 saturated carbocycles. The van der Waals surface area contributed by atoms with Crippen molar-refractivity contribution in [3.8, 4) is 0 Å². The fourth-order valence-electron chi connectivity index (χ4n) is 0.117. The van der Waals surface area contributed by atoms with E-state index in [1.54, 1.807) is 0 Å². The monoisotopic (exact) mass is 114 g/mol. The summed E-state index contributed by atoms with van der Waals surface area (Å²) in [6.07, 6.45) is 0. The maximum absolute atomic E-state index is 9.70. The van der Waals surface area contributed by atoms with Gasteiger partial charge in [-0.05, 0) is 0 Å². The molecule has 0 aliphatic carbocycles. The van der Waals surface area contributed by atoms with Gasteiger partial charge in [0.1, 0.15) is 0 Å². The third kappa shape index (κ3) is 10.7. The molecule has 7 heavy (non-hydrogen) atoms. The van der Waals surface area contributed by atoms with E-state index in [2.05, 4.69) is 9.78 Å². The first-order chi connectivity index (χ1) is 2.77. The number of carbonyl (C=O) groups excluding carboxylic acids is 1. The van der Waals surface area contributed by atoms with Crippen LogP contribution in [0.2, 0.25) is 0 Å². The molecule has 4 heteroatoms. The molecule has 0 aromatic heterocycles. The van der Waals surface area contributed by atoms with Crippen LogP contribution in [0, 0.1) is 0 Å². The van der Waals surface area contributed by atoms with E-state index in [1.807, 2.05) is 0 Å². The van der Waals surface area contributed by atoms with Crippen LogP contribution in [0.4, 0.5) is 0 Å². The van der Waals surface area contributed by atoms with E-state index < -0.39 is 5.97 Å². The van der Waals surface area contributed by atoms with Gasteiger partial charge in [0.05, 0.1) is 7.11 Å². The van der Waals surface area contributed by atoms with Crippen LogP contribution in [0.15, 0.2) is 0 Å². The van der Waals surface area contributed by atoms with Crippen molar-refractivity contribution in [3.63, 3.8) is 0 Å². The first-order valence-corrected chi connectivity index (χ1v) is 1.48. The van der Waals surface area contributed by atoms with Gasteiger partial charge in [-0.3, -0.25) is 4.89 Å². The first kappa shape index (κ1) is 10.4. The summed E-state index contributed by atoms with van der Waals surface area (Å²) >= 11 is 0. The minimum atomic E-state index is -0.433. The zero-order valence-corrected chi connectivity index (χ0v) is 3.72. The topological polar surface area (TPSA) is 35.5 Å². The standard InChI is InChI=1S/C3H6O3.Na.H/c1-3(4)6-5-2;;/h1-2H3;;. The molecule has 0 fully saturated rings. The summed E-state index contributed by atoms with van der Waals surface area (Å²) in [4.78, 5) is 17.6. The normalized spacial score (nSPS) is 6.57. The van der Waals surface area contributed by atoms with E-state index in [4.69, 9.17) is 0 Å². The van der Waals surface area contributed by atoms with Crippen molar-refractivity contribution in [1.82, 2.24) is 0 Å². The number of rotatable bonds is 1. The molecule has 0 aromatic carbocycles. The molecule has 0 radical (unpaired) electrons. The molecule has 3 nitrogen and oxygen atoms in total. The second kappa shape index (κ2) is 6.43. The van der Waals surface area contributed by atoms with E-state index >= 15 is 0 Å². The van der Waals surface area contributed by atoms with Crippen molar-refractivity contribution < 1.29 is 14.6 Å². The van der Waals surface area contributed by atoms with Crippen molar-refractivity contribution >= 4 is 35.5 Å². The second-order valence-corrected chi connectivity index (χ2v) is 0.742. The van der Waals surface area contributed by atoms with Crippen LogP contribution in [0.25, 0.3) is 0 Å². The molecule has 0 aliphatic heterocycles. The van der Waals surface area contributed by atoms with Gasteiger partial charge in [-0.1, -0.05) is 0 Å². The van der Waals surface area contributed by atoms with E-state index in [1.165, 1.54) is 14.0 Å². The van der Waals surface area contributed by atoms with Crippen molar-refractivity contribution in [1.29, 1.82) is 0 Å². The molecule has 0 aromatic rings. The van der Waals surface area contributed by atoms with E-state index in [9.17, 15) is 4.79 Å². The van der Waals surface area contributed by atoms with Crippen molar-refractivity contribution in [2.75, 3.05) is 7.11 Å². The van der Waals surface area contributed by atoms with Gasteiger partial charge in [-0.15, -0.1) is 0 Å². The van der Waals surface area contributed by atoms with Crippen molar-refractivity contribution in [2.45, 2.75) is 6.92 Å². The Hall–Kier alpha value is 0.430. The third-order valence-corrected chi connectivity index (χ3v) is 0.201. The van der Waals surface area contributed by atoms with E-state index in [0.717, 1.165) is 0 Å². The SMILES string of the molecule is COOC(C)=O.[NaH]. The molecule has 38 valence electrons. The second-order valence-electron chi connectivity index (χ2n) is 0.742. The molecular weight excluding hydrogens is 107 g/mol. The summed E-state index contributed by atoms with van der Waals surface area (Å²) in [5.74, 6) is -0.433. The van der Waals surface area contributed by atoms with Gasteiger partial charge in [0.15, 0.2) is 0 Å². The molecule has 0 rings (SSSR count). The Morgan fingerprint density at radius 3 is 2.00 bits per heavy atom. The summed E-state index contributed by atoms with van der Waals surface area (Å²) in [6, 6.07) is 0. The molecule has 0 aliphatic rings. The summed E-state index contributed by atoms with van der Waals surface area (Å²) in [5, 5.41) is 0. The Morgan fingerprint density at radius 2 is 2.00 bits per heavy atom. The average Bonchev–Trinajstić information content (AvgIpc) is 1.35. The Balaban J connectivity index is 0. The van der Waals surface area contributed by atoms with Crippen molar-refractivity contribution in [3.05, 3.63) is 0 Å². The Labute approximate surface area is 64.2 Å². The Bertz CT molecular complexity index is 54.1. The predicted molar refractivity (Wildman–Crippen MR) is 25.9 cm³/mol. The summed E-state index contributed by atoms with van der Waals surface area (Å²) in [5.41, 5.74) is 0. The van der Waals surface area contributed by atoms with Crippen LogP contribution in [0.5, 0.6) is 0 Å².